The molecule has 4 heteroatoms. The maximum Gasteiger partial charge on any atom is 0.270 e. The van der Waals surface area contributed by atoms with Crippen LogP contribution in [0.25, 0.3) is 10.8 Å². The first kappa shape index (κ1) is 16.9. The Morgan fingerprint density at radius 1 is 1.12 bits per heavy atom. The van der Waals surface area contributed by atoms with Crippen LogP contribution in [-0.4, -0.2) is 42.0 Å². The summed E-state index contributed by atoms with van der Waals surface area (Å²) in [5.41, 5.74) is 0.590. The first-order chi connectivity index (χ1) is 11.6. The lowest BCUT2D eigenvalue weighted by molar-refractivity contribution is 0.0866. The molecular weight excluding hydrogens is 298 g/mol. The number of pyridine rings is 1. The van der Waals surface area contributed by atoms with Gasteiger partial charge in [0.2, 0.25) is 0 Å². The summed E-state index contributed by atoms with van der Waals surface area (Å²) >= 11 is 0. The Labute approximate surface area is 144 Å². The Morgan fingerprint density at radius 2 is 1.83 bits per heavy atom. The molecule has 1 saturated carbocycles. The zero-order chi connectivity index (χ0) is 17.0. The highest BCUT2D eigenvalue weighted by Gasteiger charge is 2.33. The van der Waals surface area contributed by atoms with E-state index in [0.29, 0.717) is 12.2 Å². The number of carbonyl (C=O) groups excluding carboxylic acids is 1. The summed E-state index contributed by atoms with van der Waals surface area (Å²) in [5.74, 6) is -0.0720. The van der Waals surface area contributed by atoms with Gasteiger partial charge in [-0.15, -0.1) is 0 Å². The van der Waals surface area contributed by atoms with Crippen molar-refractivity contribution in [2.75, 3.05) is 20.6 Å². The number of fused-ring (bicyclic) bond motifs is 1. The summed E-state index contributed by atoms with van der Waals surface area (Å²) in [6.45, 7) is 0.684. The van der Waals surface area contributed by atoms with Crippen LogP contribution in [0.15, 0.2) is 36.5 Å². The van der Waals surface area contributed by atoms with E-state index in [1.165, 1.54) is 25.7 Å². The molecule has 1 fully saturated rings. The third-order valence-corrected chi connectivity index (χ3v) is 5.45. The Hall–Kier alpha value is -1.94. The average molecular weight is 325 g/mol. The second-order valence-electron chi connectivity index (χ2n) is 7.10. The van der Waals surface area contributed by atoms with Crippen molar-refractivity contribution in [3.63, 3.8) is 0 Å². The second kappa shape index (κ2) is 7.31. The lowest BCUT2D eigenvalue weighted by atomic mass is 9.88. The van der Waals surface area contributed by atoms with Gasteiger partial charge in [0, 0.05) is 23.7 Å². The molecule has 24 heavy (non-hydrogen) atoms. The van der Waals surface area contributed by atoms with Crippen LogP contribution in [0, 0.1) is 0 Å². The maximum absolute atomic E-state index is 12.8. The van der Waals surface area contributed by atoms with Crippen molar-refractivity contribution in [2.24, 2.45) is 0 Å². The topological polar surface area (TPSA) is 45.2 Å². The van der Waals surface area contributed by atoms with Crippen molar-refractivity contribution in [3.8, 4) is 0 Å². The molecular formula is C20H27N3O. The number of rotatable bonds is 4. The van der Waals surface area contributed by atoms with Crippen LogP contribution in [0.3, 0.4) is 0 Å². The van der Waals surface area contributed by atoms with Gasteiger partial charge in [0.15, 0.2) is 0 Å². The summed E-state index contributed by atoms with van der Waals surface area (Å²) in [5, 5.41) is 5.13. The number of benzene rings is 1. The van der Waals surface area contributed by atoms with Crippen LogP contribution in [-0.2, 0) is 0 Å². The smallest absolute Gasteiger partial charge is 0.270 e. The Kier molecular flexibility index (Phi) is 5.14. The Morgan fingerprint density at radius 3 is 2.54 bits per heavy atom. The highest BCUT2D eigenvalue weighted by Crippen LogP contribution is 2.30. The molecule has 1 N–H and O–H groups in total. The van der Waals surface area contributed by atoms with E-state index < -0.39 is 0 Å². The molecule has 0 saturated heterocycles. The lowest BCUT2D eigenvalue weighted by Crippen LogP contribution is -2.52. The molecule has 0 radical (unpaired) electrons. The summed E-state index contributed by atoms with van der Waals surface area (Å²) in [6, 6.07) is 9.85. The van der Waals surface area contributed by atoms with Gasteiger partial charge in [-0.2, -0.15) is 0 Å². The van der Waals surface area contributed by atoms with Gasteiger partial charge >= 0.3 is 0 Å². The Bertz CT molecular complexity index is 698. The van der Waals surface area contributed by atoms with Crippen LogP contribution in [0.1, 0.15) is 49.0 Å². The van der Waals surface area contributed by atoms with Gasteiger partial charge in [-0.05, 0) is 38.4 Å². The van der Waals surface area contributed by atoms with Crippen LogP contribution < -0.4 is 5.32 Å². The van der Waals surface area contributed by atoms with Crippen LogP contribution in [0.2, 0.25) is 0 Å². The number of carbonyl (C=O) groups is 1. The molecule has 1 aromatic heterocycles. The molecule has 1 amide bonds. The number of hydrogen-bond acceptors (Lipinski definition) is 3. The molecule has 0 atom stereocenters. The molecule has 0 bridgehead atoms. The van der Waals surface area contributed by atoms with Crippen molar-refractivity contribution < 1.29 is 4.79 Å². The number of amides is 1. The minimum Gasteiger partial charge on any atom is -0.349 e. The van der Waals surface area contributed by atoms with E-state index in [0.717, 1.165) is 23.6 Å². The van der Waals surface area contributed by atoms with Gasteiger partial charge in [0.1, 0.15) is 5.69 Å². The number of nitrogens with one attached hydrogen (secondary N) is 1. The van der Waals surface area contributed by atoms with Crippen molar-refractivity contribution in [3.05, 3.63) is 42.2 Å². The molecule has 128 valence electrons. The molecule has 1 aliphatic rings. The fourth-order valence-corrected chi connectivity index (χ4v) is 3.80. The van der Waals surface area contributed by atoms with Gasteiger partial charge in [-0.25, -0.2) is 0 Å². The van der Waals surface area contributed by atoms with Crippen LogP contribution in [0.5, 0.6) is 0 Å². The largest absolute Gasteiger partial charge is 0.349 e. The van der Waals surface area contributed by atoms with Gasteiger partial charge in [0.25, 0.3) is 5.91 Å². The standard InChI is InChI=1S/C20H27N3O/c1-23(2)20(12-7-3-4-8-13-20)15-22-19(24)18-17-10-6-5-9-16(17)11-14-21-18/h5-6,9-11,14H,3-4,7-8,12-13,15H2,1-2H3,(H,22,24). The zero-order valence-corrected chi connectivity index (χ0v) is 14.7. The first-order valence-corrected chi connectivity index (χ1v) is 8.92. The minimum atomic E-state index is -0.0720. The fraction of sp³-hybridized carbons (Fsp3) is 0.500. The average Bonchev–Trinajstić information content (AvgIpc) is 2.86. The quantitative estimate of drug-likeness (QED) is 0.873. The normalized spacial score (nSPS) is 17.6. The number of nitrogens with zero attached hydrogens (tertiary/aromatic N) is 2. The SMILES string of the molecule is CN(C)C1(CNC(=O)c2nccc3ccccc23)CCCCCC1. The van der Waals surface area contributed by atoms with Crippen molar-refractivity contribution >= 4 is 16.7 Å². The molecule has 0 spiro atoms. The highest BCUT2D eigenvalue weighted by atomic mass is 16.1. The molecule has 3 rings (SSSR count). The van der Waals surface area contributed by atoms with E-state index in [1.807, 2.05) is 30.3 Å². The predicted molar refractivity (Wildman–Crippen MR) is 98.2 cm³/mol. The third kappa shape index (κ3) is 3.44. The minimum absolute atomic E-state index is 0.0662. The molecule has 1 aliphatic carbocycles. The molecule has 2 aromatic rings. The van der Waals surface area contributed by atoms with Gasteiger partial charge in [-0.3, -0.25) is 9.78 Å². The second-order valence-corrected chi connectivity index (χ2v) is 7.10. The summed E-state index contributed by atoms with van der Waals surface area (Å²) in [4.78, 5) is 19.4. The third-order valence-electron chi connectivity index (χ3n) is 5.45. The molecule has 4 nitrogen and oxygen atoms in total. The van der Waals surface area contributed by atoms with Gasteiger partial charge < -0.3 is 10.2 Å². The number of aromatic nitrogens is 1. The lowest BCUT2D eigenvalue weighted by Gasteiger charge is -2.39. The maximum atomic E-state index is 12.8. The van der Waals surface area contributed by atoms with E-state index in [-0.39, 0.29) is 11.4 Å². The molecule has 0 aliphatic heterocycles. The number of hydrogen-bond donors (Lipinski definition) is 1. The van der Waals surface area contributed by atoms with E-state index >= 15 is 0 Å². The fourth-order valence-electron chi connectivity index (χ4n) is 3.80. The van der Waals surface area contributed by atoms with Gasteiger partial charge in [-0.1, -0.05) is 49.9 Å². The van der Waals surface area contributed by atoms with E-state index in [4.69, 9.17) is 0 Å². The molecule has 0 unspecified atom stereocenters. The molecule has 1 aromatic carbocycles. The first-order valence-electron chi connectivity index (χ1n) is 8.92. The predicted octanol–water partition coefficient (Wildman–Crippen LogP) is 3.62. The van der Waals surface area contributed by atoms with E-state index in [9.17, 15) is 4.79 Å². The molecule has 1 heterocycles. The summed E-state index contributed by atoms with van der Waals surface area (Å²) in [7, 11) is 4.27. The zero-order valence-electron chi connectivity index (χ0n) is 14.7. The summed E-state index contributed by atoms with van der Waals surface area (Å²) in [6.07, 6.45) is 9.07. The van der Waals surface area contributed by atoms with Crippen LogP contribution >= 0.6 is 0 Å². The van der Waals surface area contributed by atoms with Gasteiger partial charge in [0.05, 0.1) is 0 Å². The van der Waals surface area contributed by atoms with E-state index in [2.05, 4.69) is 29.3 Å². The Balaban J connectivity index is 1.78. The monoisotopic (exact) mass is 325 g/mol. The van der Waals surface area contributed by atoms with Crippen molar-refractivity contribution in [1.82, 2.24) is 15.2 Å². The highest BCUT2D eigenvalue weighted by molar-refractivity contribution is 6.05. The van der Waals surface area contributed by atoms with Crippen molar-refractivity contribution in [1.29, 1.82) is 0 Å². The summed E-state index contributed by atoms with van der Waals surface area (Å²) < 4.78 is 0. The number of likely N-dealkylation sites (N-methyl/N-ethyl adjacent to an activating group) is 1. The van der Waals surface area contributed by atoms with Crippen molar-refractivity contribution in [2.45, 2.75) is 44.1 Å². The van der Waals surface area contributed by atoms with Crippen LogP contribution in [0.4, 0.5) is 0 Å². The van der Waals surface area contributed by atoms with E-state index in [1.54, 1.807) is 6.20 Å².